The van der Waals surface area contributed by atoms with Gasteiger partial charge in [0.15, 0.2) is 0 Å². The lowest BCUT2D eigenvalue weighted by atomic mass is 9.96. The van der Waals surface area contributed by atoms with Crippen molar-refractivity contribution in [2.75, 3.05) is 0 Å². The molecule has 19 heavy (non-hydrogen) atoms. The number of esters is 1. The molecule has 0 N–H and O–H groups in total. The Bertz CT molecular complexity index is 411. The van der Waals surface area contributed by atoms with E-state index in [9.17, 15) is 9.59 Å². The van der Waals surface area contributed by atoms with E-state index >= 15 is 0 Å². The molecule has 0 fully saturated rings. The van der Waals surface area contributed by atoms with Crippen molar-refractivity contribution in [1.82, 2.24) is 0 Å². The monoisotopic (exact) mass is 262 g/mol. The Labute approximate surface area is 115 Å². The second kappa shape index (κ2) is 7.72. The normalized spacial score (nSPS) is 13.6. The predicted octanol–water partition coefficient (Wildman–Crippen LogP) is 3.17. The van der Waals surface area contributed by atoms with Gasteiger partial charge in [0.05, 0.1) is 6.10 Å². The molecule has 3 heteroatoms. The largest absolute Gasteiger partial charge is 0.462 e. The summed E-state index contributed by atoms with van der Waals surface area (Å²) in [5, 5.41) is 0. The lowest BCUT2D eigenvalue weighted by molar-refractivity contribution is -0.156. The summed E-state index contributed by atoms with van der Waals surface area (Å²) in [6.07, 6.45) is 1.84. The third kappa shape index (κ3) is 5.25. The average molecular weight is 262 g/mol. The molecule has 3 nitrogen and oxygen atoms in total. The van der Waals surface area contributed by atoms with Crippen molar-refractivity contribution in [3.63, 3.8) is 0 Å². The molecule has 1 aromatic carbocycles. The summed E-state index contributed by atoms with van der Waals surface area (Å²) in [5.74, 6) is -1.16. The SMILES string of the molecule is CCC(C)OC(=O)C(CCc1ccccc1)C(C)=O. The summed E-state index contributed by atoms with van der Waals surface area (Å²) in [4.78, 5) is 23.5. The molecule has 0 spiro atoms. The van der Waals surface area contributed by atoms with Crippen LogP contribution in [-0.4, -0.2) is 17.9 Å². The van der Waals surface area contributed by atoms with Crippen LogP contribution in [0.3, 0.4) is 0 Å². The molecule has 0 bridgehead atoms. The van der Waals surface area contributed by atoms with Crippen LogP contribution in [0.1, 0.15) is 39.2 Å². The number of hydrogen-bond acceptors (Lipinski definition) is 3. The highest BCUT2D eigenvalue weighted by molar-refractivity contribution is 5.97. The van der Waals surface area contributed by atoms with Crippen LogP contribution in [0, 0.1) is 5.92 Å². The van der Waals surface area contributed by atoms with Crippen molar-refractivity contribution < 1.29 is 14.3 Å². The van der Waals surface area contributed by atoms with E-state index in [1.807, 2.05) is 44.2 Å². The molecule has 0 amide bonds. The summed E-state index contributed by atoms with van der Waals surface area (Å²) < 4.78 is 5.25. The molecule has 0 saturated carbocycles. The van der Waals surface area contributed by atoms with Crippen LogP contribution >= 0.6 is 0 Å². The number of aryl methyl sites for hydroxylation is 1. The standard InChI is InChI=1S/C16H22O3/c1-4-12(2)19-16(18)15(13(3)17)11-10-14-8-6-5-7-9-14/h5-9,12,15H,4,10-11H2,1-3H3. The van der Waals surface area contributed by atoms with Crippen LogP contribution in [0.5, 0.6) is 0 Å². The maximum Gasteiger partial charge on any atom is 0.316 e. The van der Waals surface area contributed by atoms with Crippen LogP contribution in [0.25, 0.3) is 0 Å². The van der Waals surface area contributed by atoms with E-state index in [0.29, 0.717) is 12.8 Å². The van der Waals surface area contributed by atoms with Crippen molar-refractivity contribution in [2.24, 2.45) is 5.92 Å². The quantitative estimate of drug-likeness (QED) is 0.560. The third-order valence-electron chi connectivity index (χ3n) is 3.23. The first-order valence-electron chi connectivity index (χ1n) is 6.79. The van der Waals surface area contributed by atoms with Crippen LogP contribution < -0.4 is 0 Å². The molecular formula is C16H22O3. The maximum atomic E-state index is 11.9. The molecule has 0 heterocycles. The Morgan fingerprint density at radius 2 is 1.84 bits per heavy atom. The summed E-state index contributed by atoms with van der Waals surface area (Å²) in [6.45, 7) is 5.24. The van der Waals surface area contributed by atoms with Gasteiger partial charge in [-0.3, -0.25) is 9.59 Å². The first kappa shape index (κ1) is 15.4. The fourth-order valence-corrected chi connectivity index (χ4v) is 1.81. The van der Waals surface area contributed by atoms with Crippen molar-refractivity contribution >= 4 is 11.8 Å². The molecule has 0 aromatic heterocycles. The third-order valence-corrected chi connectivity index (χ3v) is 3.23. The molecule has 0 aliphatic rings. The zero-order valence-electron chi connectivity index (χ0n) is 11.9. The summed E-state index contributed by atoms with van der Waals surface area (Å²) in [5.41, 5.74) is 1.13. The number of ketones is 1. The second-order valence-corrected chi connectivity index (χ2v) is 4.84. The topological polar surface area (TPSA) is 43.4 Å². The fraction of sp³-hybridized carbons (Fsp3) is 0.500. The van der Waals surface area contributed by atoms with Crippen LogP contribution in [0.2, 0.25) is 0 Å². The minimum atomic E-state index is -0.644. The molecule has 1 rings (SSSR count). The van der Waals surface area contributed by atoms with Crippen molar-refractivity contribution in [3.05, 3.63) is 35.9 Å². The number of hydrogen-bond donors (Lipinski definition) is 0. The number of benzene rings is 1. The van der Waals surface area contributed by atoms with Crippen LogP contribution in [0.4, 0.5) is 0 Å². The molecule has 0 aliphatic carbocycles. The Morgan fingerprint density at radius 3 is 2.37 bits per heavy atom. The molecule has 0 aliphatic heterocycles. The van der Waals surface area contributed by atoms with Crippen molar-refractivity contribution in [1.29, 1.82) is 0 Å². The Kier molecular flexibility index (Phi) is 6.26. The van der Waals surface area contributed by atoms with Gasteiger partial charge in [-0.05, 0) is 38.7 Å². The van der Waals surface area contributed by atoms with E-state index in [-0.39, 0.29) is 11.9 Å². The van der Waals surface area contributed by atoms with Gasteiger partial charge in [0.25, 0.3) is 0 Å². The first-order valence-corrected chi connectivity index (χ1v) is 6.79. The van der Waals surface area contributed by atoms with Gasteiger partial charge in [-0.2, -0.15) is 0 Å². The number of rotatable bonds is 7. The summed E-state index contributed by atoms with van der Waals surface area (Å²) in [7, 11) is 0. The molecule has 2 unspecified atom stereocenters. The lowest BCUT2D eigenvalue weighted by Crippen LogP contribution is -2.27. The van der Waals surface area contributed by atoms with E-state index in [0.717, 1.165) is 12.0 Å². The highest BCUT2D eigenvalue weighted by Crippen LogP contribution is 2.14. The lowest BCUT2D eigenvalue weighted by Gasteiger charge is -2.16. The minimum absolute atomic E-state index is 0.121. The number of Topliss-reactive ketones (excluding diaryl/α,β-unsaturated/α-hetero) is 1. The van der Waals surface area contributed by atoms with E-state index in [4.69, 9.17) is 4.74 Å². The van der Waals surface area contributed by atoms with Gasteiger partial charge >= 0.3 is 5.97 Å². The zero-order valence-corrected chi connectivity index (χ0v) is 11.9. The van der Waals surface area contributed by atoms with E-state index in [1.54, 1.807) is 0 Å². The fourth-order valence-electron chi connectivity index (χ4n) is 1.81. The van der Waals surface area contributed by atoms with Gasteiger partial charge in [0, 0.05) is 0 Å². The van der Waals surface area contributed by atoms with E-state index in [2.05, 4.69) is 0 Å². The Hall–Kier alpha value is -1.64. The van der Waals surface area contributed by atoms with Gasteiger partial charge in [0.1, 0.15) is 11.7 Å². The van der Waals surface area contributed by atoms with Gasteiger partial charge in [-0.1, -0.05) is 37.3 Å². The summed E-state index contributed by atoms with van der Waals surface area (Å²) in [6, 6.07) is 9.85. The Balaban J connectivity index is 2.58. The Morgan fingerprint density at radius 1 is 1.21 bits per heavy atom. The first-order chi connectivity index (χ1) is 9.04. The van der Waals surface area contributed by atoms with Gasteiger partial charge < -0.3 is 4.74 Å². The zero-order chi connectivity index (χ0) is 14.3. The molecule has 0 radical (unpaired) electrons. The molecule has 1 aromatic rings. The minimum Gasteiger partial charge on any atom is -0.462 e. The molecule has 2 atom stereocenters. The number of carbonyl (C=O) groups excluding carboxylic acids is 2. The molecular weight excluding hydrogens is 240 g/mol. The maximum absolute atomic E-state index is 11.9. The summed E-state index contributed by atoms with van der Waals surface area (Å²) >= 11 is 0. The molecule has 104 valence electrons. The van der Waals surface area contributed by atoms with Crippen LogP contribution in [0.15, 0.2) is 30.3 Å². The van der Waals surface area contributed by atoms with Gasteiger partial charge in [-0.15, -0.1) is 0 Å². The number of carbonyl (C=O) groups is 2. The van der Waals surface area contributed by atoms with Crippen molar-refractivity contribution in [2.45, 2.75) is 46.1 Å². The van der Waals surface area contributed by atoms with Crippen LogP contribution in [-0.2, 0) is 20.7 Å². The highest BCUT2D eigenvalue weighted by Gasteiger charge is 2.25. The van der Waals surface area contributed by atoms with Gasteiger partial charge in [-0.25, -0.2) is 0 Å². The molecule has 0 saturated heterocycles. The smallest absolute Gasteiger partial charge is 0.316 e. The predicted molar refractivity (Wildman–Crippen MR) is 74.8 cm³/mol. The van der Waals surface area contributed by atoms with Crippen molar-refractivity contribution in [3.8, 4) is 0 Å². The number of ether oxygens (including phenoxy) is 1. The van der Waals surface area contributed by atoms with Gasteiger partial charge in [0.2, 0.25) is 0 Å². The van der Waals surface area contributed by atoms with E-state index in [1.165, 1.54) is 6.92 Å². The average Bonchev–Trinajstić information content (AvgIpc) is 2.39. The van der Waals surface area contributed by atoms with E-state index < -0.39 is 11.9 Å². The highest BCUT2D eigenvalue weighted by atomic mass is 16.5. The second-order valence-electron chi connectivity index (χ2n) is 4.84.